The third-order valence-corrected chi connectivity index (χ3v) is 7.35. The molecule has 12 nitrogen and oxygen atoms in total. The fourth-order valence-corrected chi connectivity index (χ4v) is 5.10. The number of aldehydes is 1. The van der Waals surface area contributed by atoms with Gasteiger partial charge in [0.05, 0.1) is 31.7 Å². The summed E-state index contributed by atoms with van der Waals surface area (Å²) in [7, 11) is 0. The molecule has 2 aliphatic heterocycles. The Hall–Kier alpha value is -3.39. The van der Waals surface area contributed by atoms with E-state index in [4.69, 9.17) is 18.9 Å². The SMILES string of the molecule is C=C1C(=O)O[C@@H]2/C=C(/CO[C@@H]3O[C@H](CO)[C@@H](O)[C@H](O)[C@H]3OC(=O)Cc3ccc(O)cc3)CC/C=C(/C=O)C[C@H](O)[C@@H]12. The van der Waals surface area contributed by atoms with Gasteiger partial charge in [0.15, 0.2) is 12.4 Å². The predicted octanol–water partition coefficient (Wildman–Crippen LogP) is -0.00360. The Labute approximate surface area is 236 Å². The Morgan fingerprint density at radius 3 is 2.56 bits per heavy atom. The monoisotopic (exact) mass is 574 g/mol. The van der Waals surface area contributed by atoms with Crippen LogP contribution in [0.25, 0.3) is 0 Å². The number of carbonyl (C=O) groups excluding carboxylic acids is 3. The number of hydrogen-bond donors (Lipinski definition) is 5. The number of rotatable bonds is 8. The molecule has 12 heteroatoms. The van der Waals surface area contributed by atoms with Crippen LogP contribution in [0.4, 0.5) is 0 Å². The van der Waals surface area contributed by atoms with Gasteiger partial charge in [0.2, 0.25) is 0 Å². The van der Waals surface area contributed by atoms with Gasteiger partial charge in [-0.3, -0.25) is 9.59 Å². The van der Waals surface area contributed by atoms with E-state index in [9.17, 15) is 39.9 Å². The van der Waals surface area contributed by atoms with Gasteiger partial charge in [-0.15, -0.1) is 0 Å². The molecule has 8 atom stereocenters. The molecule has 3 aliphatic rings. The summed E-state index contributed by atoms with van der Waals surface area (Å²) in [4.78, 5) is 36.4. The number of esters is 2. The summed E-state index contributed by atoms with van der Waals surface area (Å²) in [5, 5.41) is 51.0. The van der Waals surface area contributed by atoms with Crippen molar-refractivity contribution in [2.45, 2.75) is 68.6 Å². The third kappa shape index (κ3) is 7.28. The highest BCUT2D eigenvalue weighted by Crippen LogP contribution is 2.35. The molecular weight excluding hydrogens is 540 g/mol. The molecule has 0 amide bonds. The minimum Gasteiger partial charge on any atom is -0.508 e. The summed E-state index contributed by atoms with van der Waals surface area (Å²) in [6.07, 6.45) is -4.69. The summed E-state index contributed by atoms with van der Waals surface area (Å²) in [5.41, 5.74) is 1.58. The van der Waals surface area contributed by atoms with Crippen LogP contribution < -0.4 is 0 Å². The van der Waals surface area contributed by atoms with Crippen LogP contribution in [-0.2, 0) is 39.8 Å². The Morgan fingerprint density at radius 2 is 1.88 bits per heavy atom. The summed E-state index contributed by atoms with van der Waals surface area (Å²) in [6, 6.07) is 5.87. The van der Waals surface area contributed by atoms with E-state index in [0.29, 0.717) is 35.8 Å². The molecule has 0 saturated carbocycles. The first-order chi connectivity index (χ1) is 19.6. The number of aliphatic hydroxyl groups is 4. The van der Waals surface area contributed by atoms with Crippen molar-refractivity contribution in [2.24, 2.45) is 5.92 Å². The molecule has 222 valence electrons. The number of allylic oxidation sites excluding steroid dienone is 1. The van der Waals surface area contributed by atoms with Crippen molar-refractivity contribution in [2.75, 3.05) is 13.2 Å². The van der Waals surface area contributed by atoms with E-state index in [1.807, 2.05) is 0 Å². The Bertz CT molecular complexity index is 1190. The van der Waals surface area contributed by atoms with Gasteiger partial charge in [-0.25, -0.2) is 4.79 Å². The number of aliphatic hydroxyl groups excluding tert-OH is 4. The zero-order chi connectivity index (χ0) is 29.7. The van der Waals surface area contributed by atoms with Crippen LogP contribution in [0.15, 0.2) is 59.7 Å². The molecule has 0 bridgehead atoms. The molecule has 2 heterocycles. The third-order valence-electron chi connectivity index (χ3n) is 7.35. The number of ether oxygens (including phenoxy) is 4. The van der Waals surface area contributed by atoms with Crippen molar-refractivity contribution < 1.29 is 58.9 Å². The molecule has 1 aliphatic carbocycles. The Kier molecular flexibility index (Phi) is 10.1. The molecule has 2 saturated heterocycles. The van der Waals surface area contributed by atoms with E-state index in [1.54, 1.807) is 12.2 Å². The van der Waals surface area contributed by atoms with Gasteiger partial charge in [-0.1, -0.05) is 24.8 Å². The maximum absolute atomic E-state index is 12.7. The zero-order valence-corrected chi connectivity index (χ0v) is 22.2. The maximum atomic E-state index is 12.7. The number of fused-ring (bicyclic) bond motifs is 1. The minimum atomic E-state index is -1.65. The van der Waals surface area contributed by atoms with Crippen LogP contribution >= 0.6 is 0 Å². The first-order valence-corrected chi connectivity index (χ1v) is 13.2. The highest BCUT2D eigenvalue weighted by molar-refractivity contribution is 5.91. The molecule has 0 radical (unpaired) electrons. The summed E-state index contributed by atoms with van der Waals surface area (Å²) >= 11 is 0. The van der Waals surface area contributed by atoms with E-state index < -0.39 is 67.4 Å². The molecule has 1 aromatic rings. The van der Waals surface area contributed by atoms with Gasteiger partial charge < -0.3 is 44.5 Å². The first kappa shape index (κ1) is 30.6. The smallest absolute Gasteiger partial charge is 0.334 e. The highest BCUT2D eigenvalue weighted by Gasteiger charge is 2.47. The zero-order valence-electron chi connectivity index (χ0n) is 22.2. The number of phenols is 1. The molecule has 0 aromatic heterocycles. The van der Waals surface area contributed by atoms with Gasteiger partial charge >= 0.3 is 11.9 Å². The molecule has 4 rings (SSSR count). The summed E-state index contributed by atoms with van der Waals surface area (Å²) in [6.45, 7) is 2.93. The first-order valence-electron chi connectivity index (χ1n) is 13.2. The van der Waals surface area contributed by atoms with Gasteiger partial charge in [0, 0.05) is 12.0 Å². The molecular formula is C29H34O12. The van der Waals surface area contributed by atoms with Gasteiger partial charge in [-0.05, 0) is 47.8 Å². The van der Waals surface area contributed by atoms with Gasteiger partial charge in [0.1, 0.15) is 36.5 Å². The largest absolute Gasteiger partial charge is 0.508 e. The van der Waals surface area contributed by atoms with Crippen LogP contribution in [0.5, 0.6) is 5.75 Å². The van der Waals surface area contributed by atoms with Crippen molar-refractivity contribution in [1.82, 2.24) is 0 Å². The van der Waals surface area contributed by atoms with E-state index in [2.05, 4.69) is 6.58 Å². The standard InChI is InChI=1S/C29H34O12/c1-15-24-20(33)9-17(12-30)3-2-4-18(10-21(24)39-28(15)37)14-38-29-27(26(36)25(35)22(13-31)40-29)41-23(34)11-16-5-7-19(32)8-6-16/h3,5-8,10,12,20-22,24-27,29,31-33,35-36H,1-2,4,9,11,13-14H2/b17-3+,18-10+/t20-,21+,22+,24+,25+,26-,27+,29+/m0/s1. The number of carbonyl (C=O) groups is 3. The quantitative estimate of drug-likeness (QED) is 0.121. The van der Waals surface area contributed by atoms with Gasteiger partial charge in [0.25, 0.3) is 0 Å². The van der Waals surface area contributed by atoms with Crippen molar-refractivity contribution >= 4 is 18.2 Å². The van der Waals surface area contributed by atoms with Crippen molar-refractivity contribution in [1.29, 1.82) is 0 Å². The Balaban J connectivity index is 1.52. The van der Waals surface area contributed by atoms with E-state index in [-0.39, 0.29) is 30.8 Å². The second-order valence-electron chi connectivity index (χ2n) is 10.3. The van der Waals surface area contributed by atoms with Crippen LogP contribution in [-0.4, -0.2) is 99.9 Å². The van der Waals surface area contributed by atoms with Gasteiger partial charge in [-0.2, -0.15) is 0 Å². The van der Waals surface area contributed by atoms with Crippen LogP contribution in [0.3, 0.4) is 0 Å². The lowest BCUT2D eigenvalue weighted by Gasteiger charge is -2.41. The number of phenolic OH excluding ortho intramolecular Hbond substituents is 1. The van der Waals surface area contributed by atoms with Crippen molar-refractivity contribution in [3.8, 4) is 5.75 Å². The Morgan fingerprint density at radius 1 is 1.15 bits per heavy atom. The molecule has 0 unspecified atom stereocenters. The number of aromatic hydroxyl groups is 1. The van der Waals surface area contributed by atoms with E-state index in [0.717, 1.165) is 0 Å². The lowest BCUT2D eigenvalue weighted by Crippen LogP contribution is -2.60. The predicted molar refractivity (Wildman–Crippen MR) is 140 cm³/mol. The number of hydrogen-bond acceptors (Lipinski definition) is 12. The highest BCUT2D eigenvalue weighted by atomic mass is 16.7. The lowest BCUT2D eigenvalue weighted by atomic mass is 9.85. The molecule has 5 N–H and O–H groups in total. The topological polar surface area (TPSA) is 189 Å². The molecule has 1 aromatic carbocycles. The average Bonchev–Trinajstić information content (AvgIpc) is 3.23. The van der Waals surface area contributed by atoms with Crippen LogP contribution in [0.2, 0.25) is 0 Å². The molecule has 0 spiro atoms. The van der Waals surface area contributed by atoms with E-state index >= 15 is 0 Å². The summed E-state index contributed by atoms with van der Waals surface area (Å²) < 4.78 is 22.4. The number of benzene rings is 1. The molecule has 2 fully saturated rings. The second-order valence-corrected chi connectivity index (χ2v) is 10.3. The normalized spacial score (nSPS) is 34.8. The van der Waals surface area contributed by atoms with Crippen LogP contribution in [0.1, 0.15) is 24.8 Å². The lowest BCUT2D eigenvalue weighted by molar-refractivity contribution is -0.302. The average molecular weight is 575 g/mol. The molecule has 41 heavy (non-hydrogen) atoms. The fraction of sp³-hybridized carbons (Fsp3) is 0.483. The minimum absolute atomic E-state index is 0.0232. The van der Waals surface area contributed by atoms with E-state index in [1.165, 1.54) is 24.3 Å². The van der Waals surface area contributed by atoms with Crippen LogP contribution in [0, 0.1) is 5.92 Å². The second kappa shape index (κ2) is 13.5. The summed E-state index contributed by atoms with van der Waals surface area (Å²) in [5.74, 6) is -2.18. The van der Waals surface area contributed by atoms with Crippen molar-refractivity contribution in [3.05, 3.63) is 65.3 Å². The van der Waals surface area contributed by atoms with Crippen molar-refractivity contribution in [3.63, 3.8) is 0 Å². The fourth-order valence-electron chi connectivity index (χ4n) is 5.10. The maximum Gasteiger partial charge on any atom is 0.334 e.